The van der Waals surface area contributed by atoms with Crippen LogP contribution in [0.15, 0.2) is 23.1 Å². The second kappa shape index (κ2) is 12.0. The van der Waals surface area contributed by atoms with Gasteiger partial charge in [-0.05, 0) is 0 Å². The molecule has 0 amide bonds. The molecule has 0 aliphatic heterocycles. The normalized spacial score (nSPS) is 8.78. The minimum Gasteiger partial charge on any atom is -0.746 e. The first-order chi connectivity index (χ1) is 7.27. The standard InChI is InChI=1S/C7H8NO3S.K.Na.O3S/c1-8-6-3-2-4-7(5-6)12(9,10)11;;;1-4(2)3/h2,4-5,8H,1H3,(H,9,10,11);;;/q-1;2*+1;/p-1. The average Bonchev–Trinajstić information content (AvgIpc) is 2.16. The molecule has 0 aliphatic carbocycles. The zero-order valence-electron chi connectivity index (χ0n) is 10.00. The fourth-order valence-corrected chi connectivity index (χ4v) is 1.24. The Morgan fingerprint density at radius 3 is 2.11 bits per heavy atom. The molecule has 0 radical (unpaired) electrons. The van der Waals surface area contributed by atoms with Gasteiger partial charge in [0.05, 0.1) is 0 Å². The topological polar surface area (TPSA) is 120 Å². The minimum atomic E-state index is -4.35. The van der Waals surface area contributed by atoms with Crippen molar-refractivity contribution < 1.29 is 107 Å². The van der Waals surface area contributed by atoms with Gasteiger partial charge in [0, 0.05) is 7.05 Å². The van der Waals surface area contributed by atoms with Crippen LogP contribution in [0, 0.1) is 6.07 Å². The van der Waals surface area contributed by atoms with E-state index in [1.165, 1.54) is 18.2 Å². The molecular weight excluding hydrogens is 320 g/mol. The molecular formula is C7H7KNNaO6S2. The first kappa shape index (κ1) is 24.2. The van der Waals surface area contributed by atoms with Crippen LogP contribution >= 0.6 is 0 Å². The van der Waals surface area contributed by atoms with Crippen LogP contribution in [0.5, 0.6) is 0 Å². The maximum Gasteiger partial charge on any atom is 1.00 e. The Morgan fingerprint density at radius 1 is 1.33 bits per heavy atom. The van der Waals surface area contributed by atoms with E-state index >= 15 is 0 Å². The number of benzene rings is 1. The van der Waals surface area contributed by atoms with Crippen LogP contribution in [-0.2, 0) is 20.7 Å². The van der Waals surface area contributed by atoms with Gasteiger partial charge in [0.2, 0.25) is 0 Å². The molecule has 0 fully saturated rings. The van der Waals surface area contributed by atoms with Crippen LogP contribution in [0.2, 0.25) is 0 Å². The van der Waals surface area contributed by atoms with E-state index < -0.39 is 20.7 Å². The molecule has 0 atom stereocenters. The summed E-state index contributed by atoms with van der Waals surface area (Å²) < 4.78 is 56.8. The zero-order chi connectivity index (χ0) is 12.8. The summed E-state index contributed by atoms with van der Waals surface area (Å²) in [5.41, 5.74) is 0.479. The first-order valence-electron chi connectivity index (χ1n) is 3.69. The molecule has 0 aliphatic rings. The molecule has 7 nitrogen and oxygen atoms in total. The predicted molar refractivity (Wildman–Crippen MR) is 52.5 cm³/mol. The monoisotopic (exact) mass is 327 g/mol. The van der Waals surface area contributed by atoms with Crippen LogP contribution in [-0.4, -0.2) is 32.6 Å². The minimum absolute atomic E-state index is 0. The smallest absolute Gasteiger partial charge is 0.746 e. The summed E-state index contributed by atoms with van der Waals surface area (Å²) in [5, 5.41) is 2.68. The average molecular weight is 327 g/mol. The number of anilines is 1. The number of rotatable bonds is 2. The van der Waals surface area contributed by atoms with E-state index in [-0.39, 0.29) is 85.8 Å². The Kier molecular flexibility index (Phi) is 16.1. The van der Waals surface area contributed by atoms with Gasteiger partial charge in [-0.1, -0.05) is 10.6 Å². The van der Waals surface area contributed by atoms with Gasteiger partial charge in [0.15, 0.2) is 0 Å². The maximum absolute atomic E-state index is 10.5. The Labute approximate surface area is 171 Å². The summed E-state index contributed by atoms with van der Waals surface area (Å²) in [6, 6.07) is 6.55. The molecule has 0 saturated heterocycles. The quantitative estimate of drug-likeness (QED) is 0.326. The van der Waals surface area contributed by atoms with Gasteiger partial charge in [0.1, 0.15) is 10.1 Å². The van der Waals surface area contributed by atoms with E-state index in [1.54, 1.807) is 7.05 Å². The summed E-state index contributed by atoms with van der Waals surface area (Å²) in [5.74, 6) is 0. The molecule has 11 heteroatoms. The van der Waals surface area contributed by atoms with Crippen LogP contribution in [0.4, 0.5) is 5.69 Å². The second-order valence-electron chi connectivity index (χ2n) is 2.35. The van der Waals surface area contributed by atoms with Crippen LogP contribution < -0.4 is 86.3 Å². The summed E-state index contributed by atoms with van der Waals surface area (Å²) in [6.45, 7) is 0. The Morgan fingerprint density at radius 2 is 1.78 bits per heavy atom. The molecule has 0 saturated carbocycles. The molecule has 18 heavy (non-hydrogen) atoms. The van der Waals surface area contributed by atoms with E-state index in [0.29, 0.717) is 5.69 Å². The predicted octanol–water partition coefficient (Wildman–Crippen LogP) is -6.56. The van der Waals surface area contributed by atoms with Crippen molar-refractivity contribution in [1.82, 2.24) is 0 Å². The fraction of sp³-hybridized carbons (Fsp3) is 0.143. The van der Waals surface area contributed by atoms with Gasteiger partial charge in [0.25, 0.3) is 0 Å². The summed E-state index contributed by atoms with van der Waals surface area (Å²) in [6.07, 6.45) is 0. The van der Waals surface area contributed by atoms with E-state index in [1.807, 2.05) is 0 Å². The van der Waals surface area contributed by atoms with Crippen molar-refractivity contribution in [3.63, 3.8) is 0 Å². The van der Waals surface area contributed by atoms with Crippen molar-refractivity contribution in [3.8, 4) is 0 Å². The molecule has 0 bridgehead atoms. The van der Waals surface area contributed by atoms with Crippen molar-refractivity contribution in [3.05, 3.63) is 24.3 Å². The van der Waals surface area contributed by atoms with Crippen molar-refractivity contribution in [2.75, 3.05) is 12.4 Å². The summed E-state index contributed by atoms with van der Waals surface area (Å²) in [7, 11) is -5.84. The summed E-state index contributed by atoms with van der Waals surface area (Å²) >= 11 is 0. The Hall–Kier alpha value is 1.19. The van der Waals surface area contributed by atoms with Crippen LogP contribution in [0.25, 0.3) is 0 Å². The van der Waals surface area contributed by atoms with Gasteiger partial charge in [-0.2, -0.15) is 18.2 Å². The van der Waals surface area contributed by atoms with E-state index in [2.05, 4.69) is 11.4 Å². The van der Waals surface area contributed by atoms with E-state index in [4.69, 9.17) is 12.6 Å². The summed E-state index contributed by atoms with van der Waals surface area (Å²) in [4.78, 5) is -0.245. The molecule has 1 aromatic rings. The SMILES string of the molecule is CNc1[c-]ccc(S(=O)(=O)[O-])c1.O=S(=O)=O.[K+].[Na+]. The number of hydrogen-bond acceptors (Lipinski definition) is 7. The van der Waals surface area contributed by atoms with Crippen molar-refractivity contribution in [1.29, 1.82) is 0 Å². The van der Waals surface area contributed by atoms with E-state index in [0.717, 1.165) is 0 Å². The van der Waals surface area contributed by atoms with Gasteiger partial charge in [-0.3, -0.25) is 0 Å². The van der Waals surface area contributed by atoms with Crippen molar-refractivity contribution in [2.24, 2.45) is 0 Å². The van der Waals surface area contributed by atoms with Crippen molar-refractivity contribution in [2.45, 2.75) is 4.90 Å². The maximum atomic E-state index is 10.5. The largest absolute Gasteiger partial charge is 1.00 e. The molecule has 0 spiro atoms. The van der Waals surface area contributed by atoms with Gasteiger partial charge in [-0.25, -0.2) is 8.42 Å². The molecule has 1 N–H and O–H groups in total. The Balaban J connectivity index is -0.000000332. The molecule has 1 aromatic carbocycles. The third-order valence-corrected chi connectivity index (χ3v) is 2.16. The third kappa shape index (κ3) is 12.2. The first-order valence-corrected chi connectivity index (χ1v) is 6.10. The number of nitrogens with one attached hydrogen (secondary N) is 1. The number of hydrogen-bond donors (Lipinski definition) is 1. The van der Waals surface area contributed by atoms with Gasteiger partial charge < -0.3 is 9.87 Å². The van der Waals surface area contributed by atoms with E-state index in [9.17, 15) is 13.0 Å². The molecule has 0 heterocycles. The fourth-order valence-electron chi connectivity index (χ4n) is 0.745. The van der Waals surface area contributed by atoms with Gasteiger partial charge >= 0.3 is 91.6 Å². The van der Waals surface area contributed by atoms with Crippen molar-refractivity contribution >= 4 is 26.4 Å². The van der Waals surface area contributed by atoms with Gasteiger partial charge in [-0.15, -0.1) is 18.7 Å². The second-order valence-corrected chi connectivity index (χ2v) is 4.13. The molecule has 0 aromatic heterocycles. The molecule has 90 valence electrons. The molecule has 0 unspecified atom stereocenters. The Bertz CT molecular complexity index is 552. The molecule has 1 rings (SSSR count). The van der Waals surface area contributed by atoms with Crippen LogP contribution in [0.1, 0.15) is 0 Å². The zero-order valence-corrected chi connectivity index (χ0v) is 16.8. The third-order valence-electron chi connectivity index (χ3n) is 1.33. The van der Waals surface area contributed by atoms with Crippen LogP contribution in [0.3, 0.4) is 0 Å².